The highest BCUT2D eigenvalue weighted by molar-refractivity contribution is 5.77. The van der Waals surface area contributed by atoms with Crippen molar-refractivity contribution in [1.29, 1.82) is 0 Å². The number of alkyl carbamates (subject to hydrolysis) is 1. The molecule has 0 aromatic heterocycles. The Bertz CT molecular complexity index is 891. The molecule has 2 atom stereocenters. The smallest absolute Gasteiger partial charge is 0.407 e. The summed E-state index contributed by atoms with van der Waals surface area (Å²) in [6, 6.07) is 18.4. The van der Waals surface area contributed by atoms with Crippen LogP contribution in [0.25, 0.3) is 0 Å². The minimum atomic E-state index is -0.652. The first-order chi connectivity index (χ1) is 16.2. The number of esters is 2. The second-order valence-corrected chi connectivity index (χ2v) is 9.63. The Labute approximate surface area is 200 Å². The van der Waals surface area contributed by atoms with Gasteiger partial charge >= 0.3 is 18.0 Å². The summed E-state index contributed by atoms with van der Waals surface area (Å²) in [5.74, 6) is -1.85. The molecule has 0 spiro atoms. The van der Waals surface area contributed by atoms with Crippen LogP contribution < -0.4 is 5.32 Å². The number of amides is 1. The van der Waals surface area contributed by atoms with Crippen molar-refractivity contribution in [3.8, 4) is 0 Å². The Balaban J connectivity index is 1.64. The molecule has 1 fully saturated rings. The van der Waals surface area contributed by atoms with E-state index in [1.807, 2.05) is 60.7 Å². The van der Waals surface area contributed by atoms with E-state index in [9.17, 15) is 14.4 Å². The molecule has 3 rings (SSSR count). The van der Waals surface area contributed by atoms with Gasteiger partial charge in [-0.2, -0.15) is 0 Å². The van der Waals surface area contributed by atoms with Gasteiger partial charge in [0, 0.05) is 6.04 Å². The molecule has 1 N–H and O–H groups in total. The number of hydrogen-bond acceptors (Lipinski definition) is 6. The molecule has 0 saturated heterocycles. The maximum atomic E-state index is 12.9. The third-order valence-electron chi connectivity index (χ3n) is 5.54. The van der Waals surface area contributed by atoms with E-state index in [1.54, 1.807) is 20.8 Å². The summed E-state index contributed by atoms with van der Waals surface area (Å²) in [7, 11) is 0. The van der Waals surface area contributed by atoms with E-state index < -0.39 is 29.6 Å². The minimum Gasteiger partial charge on any atom is -0.461 e. The summed E-state index contributed by atoms with van der Waals surface area (Å²) in [4.78, 5) is 38.1. The molecule has 182 valence electrons. The summed E-state index contributed by atoms with van der Waals surface area (Å²) < 4.78 is 16.4. The first-order valence-corrected chi connectivity index (χ1v) is 11.6. The SMILES string of the molecule is CC(C)(C)OC(=O)NC1CC(C(=O)OCc2ccccc2)CC(C(=O)OCc2ccccc2)C1. The Morgan fingerprint density at radius 3 is 1.62 bits per heavy atom. The van der Waals surface area contributed by atoms with Gasteiger partial charge in [-0.1, -0.05) is 60.7 Å². The van der Waals surface area contributed by atoms with E-state index in [-0.39, 0.29) is 25.2 Å². The van der Waals surface area contributed by atoms with E-state index >= 15 is 0 Å². The maximum Gasteiger partial charge on any atom is 0.407 e. The van der Waals surface area contributed by atoms with E-state index in [0.717, 1.165) is 11.1 Å². The van der Waals surface area contributed by atoms with Crippen molar-refractivity contribution >= 4 is 18.0 Å². The van der Waals surface area contributed by atoms with Crippen LogP contribution in [0.15, 0.2) is 60.7 Å². The fraction of sp³-hybridized carbons (Fsp3) is 0.444. The third kappa shape index (κ3) is 8.21. The van der Waals surface area contributed by atoms with Crippen LogP contribution in [0.4, 0.5) is 4.79 Å². The van der Waals surface area contributed by atoms with Gasteiger partial charge in [0.1, 0.15) is 18.8 Å². The van der Waals surface area contributed by atoms with Crippen molar-refractivity contribution < 1.29 is 28.6 Å². The van der Waals surface area contributed by atoms with Crippen molar-refractivity contribution in [1.82, 2.24) is 5.32 Å². The van der Waals surface area contributed by atoms with Gasteiger partial charge in [-0.05, 0) is 51.2 Å². The maximum absolute atomic E-state index is 12.9. The van der Waals surface area contributed by atoms with Gasteiger partial charge in [0.05, 0.1) is 11.8 Å². The number of nitrogens with one attached hydrogen (secondary N) is 1. The third-order valence-corrected chi connectivity index (χ3v) is 5.54. The molecule has 0 bridgehead atoms. The summed E-state index contributed by atoms with van der Waals surface area (Å²) in [5, 5.41) is 2.82. The van der Waals surface area contributed by atoms with Crippen molar-refractivity contribution in [3.63, 3.8) is 0 Å². The molecule has 2 unspecified atom stereocenters. The number of rotatable bonds is 7. The monoisotopic (exact) mass is 467 g/mol. The van der Waals surface area contributed by atoms with Crippen LogP contribution in [-0.4, -0.2) is 29.7 Å². The molecule has 1 aliphatic carbocycles. The van der Waals surface area contributed by atoms with Gasteiger partial charge in [-0.25, -0.2) is 4.79 Å². The minimum absolute atomic E-state index is 0.156. The summed E-state index contributed by atoms with van der Waals surface area (Å²) in [6.07, 6.45) is 0.477. The van der Waals surface area contributed by atoms with Crippen LogP contribution in [0.1, 0.15) is 51.2 Å². The number of benzene rings is 2. The second kappa shape index (κ2) is 11.7. The van der Waals surface area contributed by atoms with Gasteiger partial charge < -0.3 is 19.5 Å². The van der Waals surface area contributed by atoms with Crippen LogP contribution in [0, 0.1) is 11.8 Å². The summed E-state index contributed by atoms with van der Waals surface area (Å²) in [6.45, 7) is 5.65. The zero-order valence-electron chi connectivity index (χ0n) is 20.0. The van der Waals surface area contributed by atoms with Crippen molar-refractivity contribution in [2.45, 2.75) is 64.9 Å². The van der Waals surface area contributed by atoms with Crippen molar-refractivity contribution in [3.05, 3.63) is 71.8 Å². The molecule has 1 aliphatic rings. The quantitative estimate of drug-likeness (QED) is 0.465. The number of carbonyl (C=O) groups is 3. The molecule has 2 aromatic rings. The number of carbonyl (C=O) groups excluding carboxylic acids is 3. The molecule has 0 heterocycles. The normalized spacial score (nSPS) is 20.1. The van der Waals surface area contributed by atoms with Crippen LogP contribution in [0.3, 0.4) is 0 Å². The highest BCUT2D eigenvalue weighted by Gasteiger charge is 2.39. The zero-order valence-corrected chi connectivity index (χ0v) is 20.0. The van der Waals surface area contributed by atoms with E-state index in [2.05, 4.69) is 5.32 Å². The average Bonchev–Trinajstić information content (AvgIpc) is 2.80. The molecule has 0 radical (unpaired) electrons. The fourth-order valence-electron chi connectivity index (χ4n) is 3.99. The summed E-state index contributed by atoms with van der Waals surface area (Å²) >= 11 is 0. The molecule has 7 nitrogen and oxygen atoms in total. The molecule has 2 aromatic carbocycles. The van der Waals surface area contributed by atoms with Gasteiger partial charge in [0.2, 0.25) is 0 Å². The average molecular weight is 468 g/mol. The lowest BCUT2D eigenvalue weighted by molar-refractivity contribution is -0.157. The lowest BCUT2D eigenvalue weighted by Gasteiger charge is -2.33. The molecule has 1 amide bonds. The summed E-state index contributed by atoms with van der Waals surface area (Å²) in [5.41, 5.74) is 1.11. The lowest BCUT2D eigenvalue weighted by atomic mass is 9.78. The van der Waals surface area contributed by atoms with E-state index in [1.165, 1.54) is 0 Å². The molecule has 0 aliphatic heterocycles. The van der Waals surface area contributed by atoms with E-state index in [4.69, 9.17) is 14.2 Å². The molecular formula is C27H33NO6. The fourth-order valence-corrected chi connectivity index (χ4v) is 3.99. The Hall–Kier alpha value is -3.35. The zero-order chi connectivity index (χ0) is 24.6. The standard InChI is InChI=1S/C27H33NO6/c1-27(2,3)34-26(31)28-23-15-21(24(29)32-17-19-10-6-4-7-11-19)14-22(16-23)25(30)33-18-20-12-8-5-9-13-20/h4-13,21-23H,14-18H2,1-3H3,(H,28,31). The van der Waals surface area contributed by atoms with E-state index in [0.29, 0.717) is 19.3 Å². The van der Waals surface area contributed by atoms with Crippen molar-refractivity contribution in [2.75, 3.05) is 0 Å². The van der Waals surface area contributed by atoms with Gasteiger partial charge in [-0.15, -0.1) is 0 Å². The lowest BCUT2D eigenvalue weighted by Crippen LogP contribution is -2.46. The Morgan fingerprint density at radius 1 is 0.765 bits per heavy atom. The highest BCUT2D eigenvalue weighted by atomic mass is 16.6. The molecule has 1 saturated carbocycles. The highest BCUT2D eigenvalue weighted by Crippen LogP contribution is 2.32. The molecule has 7 heteroatoms. The van der Waals surface area contributed by atoms with Crippen LogP contribution in [-0.2, 0) is 37.0 Å². The van der Waals surface area contributed by atoms with Gasteiger partial charge in [0.15, 0.2) is 0 Å². The Morgan fingerprint density at radius 2 is 1.21 bits per heavy atom. The first kappa shape index (κ1) is 25.3. The van der Waals surface area contributed by atoms with Crippen LogP contribution in [0.5, 0.6) is 0 Å². The number of hydrogen-bond donors (Lipinski definition) is 1. The predicted octanol–water partition coefficient (Wildman–Crippen LogP) is 4.78. The predicted molar refractivity (Wildman–Crippen MR) is 126 cm³/mol. The molecular weight excluding hydrogens is 434 g/mol. The molecule has 34 heavy (non-hydrogen) atoms. The Kier molecular flexibility index (Phi) is 8.68. The van der Waals surface area contributed by atoms with Gasteiger partial charge in [-0.3, -0.25) is 9.59 Å². The van der Waals surface area contributed by atoms with Crippen LogP contribution >= 0.6 is 0 Å². The van der Waals surface area contributed by atoms with Crippen LogP contribution in [0.2, 0.25) is 0 Å². The number of ether oxygens (including phenoxy) is 3. The van der Waals surface area contributed by atoms with Gasteiger partial charge in [0.25, 0.3) is 0 Å². The van der Waals surface area contributed by atoms with Crippen molar-refractivity contribution in [2.24, 2.45) is 11.8 Å². The largest absolute Gasteiger partial charge is 0.461 e. The second-order valence-electron chi connectivity index (χ2n) is 9.63. The first-order valence-electron chi connectivity index (χ1n) is 11.6. The topological polar surface area (TPSA) is 90.9 Å².